The van der Waals surface area contributed by atoms with Crippen LogP contribution in [-0.2, 0) is 11.3 Å². The molecule has 134 valence electrons. The van der Waals surface area contributed by atoms with Gasteiger partial charge in [-0.1, -0.05) is 24.3 Å². The Balaban J connectivity index is 1.47. The second-order valence-electron chi connectivity index (χ2n) is 7.89. The van der Waals surface area contributed by atoms with Gasteiger partial charge >= 0.3 is 0 Å². The molecule has 0 radical (unpaired) electrons. The molecule has 24 heavy (non-hydrogen) atoms. The second-order valence-corrected chi connectivity index (χ2v) is 7.89. The van der Waals surface area contributed by atoms with Crippen molar-refractivity contribution in [3.63, 3.8) is 0 Å². The van der Waals surface area contributed by atoms with Crippen LogP contribution in [0.25, 0.3) is 0 Å². The van der Waals surface area contributed by atoms with E-state index in [9.17, 15) is 0 Å². The molecule has 4 heteroatoms. The molecule has 3 rings (SSSR count). The first kappa shape index (κ1) is 17.9. The first-order valence-corrected chi connectivity index (χ1v) is 9.37. The van der Waals surface area contributed by atoms with E-state index in [1.807, 2.05) is 0 Å². The van der Waals surface area contributed by atoms with Gasteiger partial charge in [-0.25, -0.2) is 0 Å². The fourth-order valence-electron chi connectivity index (χ4n) is 3.95. The third-order valence-electron chi connectivity index (χ3n) is 5.60. The molecule has 0 saturated carbocycles. The van der Waals surface area contributed by atoms with Crippen molar-refractivity contribution in [2.24, 2.45) is 0 Å². The summed E-state index contributed by atoms with van der Waals surface area (Å²) in [6.07, 6.45) is 0. The monoisotopic (exact) mass is 331 g/mol. The first-order chi connectivity index (χ1) is 11.5. The predicted molar refractivity (Wildman–Crippen MR) is 99.4 cm³/mol. The summed E-state index contributed by atoms with van der Waals surface area (Å²) in [5.74, 6) is 0. The zero-order valence-electron chi connectivity index (χ0n) is 15.6. The maximum absolute atomic E-state index is 5.50. The summed E-state index contributed by atoms with van der Waals surface area (Å²) in [6.45, 7) is 17.9. The molecule has 1 aromatic rings. The van der Waals surface area contributed by atoms with E-state index in [0.717, 1.165) is 39.4 Å². The van der Waals surface area contributed by atoms with Crippen molar-refractivity contribution in [2.75, 3.05) is 59.0 Å². The third kappa shape index (κ3) is 4.57. The van der Waals surface area contributed by atoms with Crippen molar-refractivity contribution in [3.8, 4) is 0 Å². The maximum atomic E-state index is 5.50. The van der Waals surface area contributed by atoms with Gasteiger partial charge in [0.25, 0.3) is 0 Å². The highest BCUT2D eigenvalue weighted by Crippen LogP contribution is 2.19. The topological polar surface area (TPSA) is 19.0 Å². The Labute approximate surface area is 147 Å². The lowest BCUT2D eigenvalue weighted by Gasteiger charge is -2.45. The van der Waals surface area contributed by atoms with Crippen LogP contribution in [0, 0.1) is 6.92 Å². The summed E-state index contributed by atoms with van der Waals surface area (Å²) < 4.78 is 5.50. The molecule has 2 saturated heterocycles. The van der Waals surface area contributed by atoms with Gasteiger partial charge < -0.3 is 4.74 Å². The maximum Gasteiger partial charge on any atom is 0.0594 e. The Hall–Kier alpha value is -0.940. The van der Waals surface area contributed by atoms with Crippen LogP contribution in [0.15, 0.2) is 24.3 Å². The second kappa shape index (κ2) is 7.96. The first-order valence-electron chi connectivity index (χ1n) is 9.37. The van der Waals surface area contributed by atoms with Gasteiger partial charge in [-0.15, -0.1) is 0 Å². The fraction of sp³-hybridized carbons (Fsp3) is 0.700. The highest BCUT2D eigenvalue weighted by molar-refractivity contribution is 5.25. The summed E-state index contributed by atoms with van der Waals surface area (Å²) in [7, 11) is 0. The molecule has 0 aliphatic carbocycles. The largest absolute Gasteiger partial charge is 0.379 e. The zero-order valence-corrected chi connectivity index (χ0v) is 15.6. The van der Waals surface area contributed by atoms with Crippen LogP contribution >= 0.6 is 0 Å². The minimum atomic E-state index is 0.238. The molecule has 2 aliphatic heterocycles. The lowest BCUT2D eigenvalue weighted by molar-refractivity contribution is -0.0266. The number of piperazine rings is 1. The minimum Gasteiger partial charge on any atom is -0.379 e. The molecule has 0 N–H and O–H groups in total. The average Bonchev–Trinajstić information content (AvgIpc) is 2.59. The quantitative estimate of drug-likeness (QED) is 0.823. The minimum absolute atomic E-state index is 0.238. The van der Waals surface area contributed by atoms with E-state index in [2.05, 4.69) is 59.7 Å². The molecule has 2 fully saturated rings. The normalized spacial score (nSPS) is 22.0. The van der Waals surface area contributed by atoms with E-state index in [1.54, 1.807) is 0 Å². The molecule has 0 unspecified atom stereocenters. The SMILES string of the molecule is Cc1ccccc1CN1CCN(CC(C)(C)N2CCOCC2)CC1. The number of benzene rings is 1. The summed E-state index contributed by atoms with van der Waals surface area (Å²) >= 11 is 0. The molecule has 2 aliphatic rings. The lowest BCUT2D eigenvalue weighted by Crippen LogP contribution is -2.58. The van der Waals surface area contributed by atoms with Gasteiger partial charge in [0.15, 0.2) is 0 Å². The predicted octanol–water partition coefficient (Wildman–Crippen LogP) is 2.22. The number of morpholine rings is 1. The number of ether oxygens (including phenoxy) is 1. The van der Waals surface area contributed by atoms with E-state index in [4.69, 9.17) is 4.74 Å². The summed E-state index contributed by atoms with van der Waals surface area (Å²) in [6, 6.07) is 8.77. The van der Waals surface area contributed by atoms with E-state index in [0.29, 0.717) is 0 Å². The van der Waals surface area contributed by atoms with Gasteiger partial charge in [-0.05, 0) is 31.9 Å². The highest BCUT2D eigenvalue weighted by Gasteiger charge is 2.31. The highest BCUT2D eigenvalue weighted by atomic mass is 16.5. The van der Waals surface area contributed by atoms with Crippen molar-refractivity contribution in [2.45, 2.75) is 32.9 Å². The fourth-order valence-corrected chi connectivity index (χ4v) is 3.95. The van der Waals surface area contributed by atoms with Crippen molar-refractivity contribution >= 4 is 0 Å². The van der Waals surface area contributed by atoms with Gasteiger partial charge in [0.2, 0.25) is 0 Å². The Morgan fingerprint density at radius 2 is 1.54 bits per heavy atom. The van der Waals surface area contributed by atoms with Gasteiger partial charge in [-0.2, -0.15) is 0 Å². The van der Waals surface area contributed by atoms with Crippen LogP contribution in [-0.4, -0.2) is 79.3 Å². The average molecular weight is 332 g/mol. The van der Waals surface area contributed by atoms with E-state index in [-0.39, 0.29) is 5.54 Å². The number of rotatable bonds is 5. The molecule has 0 atom stereocenters. The molecular weight excluding hydrogens is 298 g/mol. The van der Waals surface area contributed by atoms with Gasteiger partial charge in [0.05, 0.1) is 13.2 Å². The number of nitrogens with zero attached hydrogens (tertiary/aromatic N) is 3. The van der Waals surface area contributed by atoms with Gasteiger partial charge in [0.1, 0.15) is 0 Å². The van der Waals surface area contributed by atoms with Gasteiger partial charge in [0, 0.05) is 57.9 Å². The number of aryl methyl sites for hydroxylation is 1. The summed E-state index contributed by atoms with van der Waals surface area (Å²) in [5.41, 5.74) is 3.12. The smallest absolute Gasteiger partial charge is 0.0594 e. The summed E-state index contributed by atoms with van der Waals surface area (Å²) in [4.78, 5) is 7.83. The van der Waals surface area contributed by atoms with Crippen LogP contribution in [0.4, 0.5) is 0 Å². The van der Waals surface area contributed by atoms with E-state index < -0.39 is 0 Å². The van der Waals surface area contributed by atoms with Crippen LogP contribution < -0.4 is 0 Å². The molecular formula is C20H33N3O. The van der Waals surface area contributed by atoms with Crippen LogP contribution in [0.5, 0.6) is 0 Å². The van der Waals surface area contributed by atoms with Crippen molar-refractivity contribution in [1.82, 2.24) is 14.7 Å². The molecule has 2 heterocycles. The summed E-state index contributed by atoms with van der Waals surface area (Å²) in [5, 5.41) is 0. The number of hydrogen-bond acceptors (Lipinski definition) is 4. The Bertz CT molecular complexity index is 517. The van der Waals surface area contributed by atoms with Gasteiger partial charge in [-0.3, -0.25) is 14.7 Å². The lowest BCUT2D eigenvalue weighted by atomic mass is 10.0. The molecule has 0 aromatic heterocycles. The standard InChI is InChI=1S/C20H33N3O/c1-18-6-4-5-7-19(18)16-21-8-10-22(11-9-21)17-20(2,3)23-12-14-24-15-13-23/h4-7H,8-17H2,1-3H3. The van der Waals surface area contributed by atoms with Crippen LogP contribution in [0.1, 0.15) is 25.0 Å². The molecule has 4 nitrogen and oxygen atoms in total. The van der Waals surface area contributed by atoms with Crippen LogP contribution in [0.2, 0.25) is 0 Å². The van der Waals surface area contributed by atoms with Crippen molar-refractivity contribution in [3.05, 3.63) is 35.4 Å². The Kier molecular flexibility index (Phi) is 5.93. The van der Waals surface area contributed by atoms with Crippen molar-refractivity contribution < 1.29 is 4.74 Å². The Morgan fingerprint density at radius 3 is 2.21 bits per heavy atom. The third-order valence-corrected chi connectivity index (χ3v) is 5.60. The van der Waals surface area contributed by atoms with E-state index >= 15 is 0 Å². The van der Waals surface area contributed by atoms with Crippen molar-refractivity contribution in [1.29, 1.82) is 0 Å². The number of hydrogen-bond donors (Lipinski definition) is 0. The van der Waals surface area contributed by atoms with E-state index in [1.165, 1.54) is 37.3 Å². The van der Waals surface area contributed by atoms with Crippen LogP contribution in [0.3, 0.4) is 0 Å². The molecule has 0 amide bonds. The zero-order chi connectivity index (χ0) is 17.0. The Morgan fingerprint density at radius 1 is 0.917 bits per heavy atom. The molecule has 1 aromatic carbocycles. The molecule has 0 bridgehead atoms. The molecule has 0 spiro atoms.